The molecule has 0 amide bonds. The third kappa shape index (κ3) is 1.41. The molecule has 76 valence electrons. The average molecular weight is 198 g/mol. The molecule has 0 atom stereocenters. The van der Waals surface area contributed by atoms with Gasteiger partial charge in [-0.3, -0.25) is 0 Å². The first-order valence-corrected chi connectivity index (χ1v) is 4.70. The van der Waals surface area contributed by atoms with Gasteiger partial charge in [0, 0.05) is 25.7 Å². The van der Waals surface area contributed by atoms with Gasteiger partial charge >= 0.3 is 0 Å². The van der Waals surface area contributed by atoms with Gasteiger partial charge < -0.3 is 10.2 Å². The summed E-state index contributed by atoms with van der Waals surface area (Å²) >= 11 is 0. The Hall–Kier alpha value is -1.32. The SMILES string of the molecule is CCN1CCNc2c(F)cc(F)cc21. The van der Waals surface area contributed by atoms with Gasteiger partial charge in [0.15, 0.2) is 5.82 Å². The number of nitrogens with zero attached hydrogens (tertiary/aromatic N) is 1. The molecule has 0 aliphatic carbocycles. The Kier molecular flexibility index (Phi) is 2.27. The Morgan fingerprint density at radius 2 is 2.21 bits per heavy atom. The first-order chi connectivity index (χ1) is 6.72. The molecule has 0 unspecified atom stereocenters. The van der Waals surface area contributed by atoms with Crippen molar-refractivity contribution in [3.8, 4) is 0 Å². The molecule has 0 saturated carbocycles. The minimum absolute atomic E-state index is 0.416. The quantitative estimate of drug-likeness (QED) is 0.744. The van der Waals surface area contributed by atoms with Crippen molar-refractivity contribution in [3.63, 3.8) is 0 Å². The molecule has 0 spiro atoms. The summed E-state index contributed by atoms with van der Waals surface area (Å²) < 4.78 is 26.3. The molecule has 1 aliphatic rings. The van der Waals surface area contributed by atoms with Crippen molar-refractivity contribution in [2.75, 3.05) is 29.9 Å². The van der Waals surface area contributed by atoms with E-state index in [0.717, 1.165) is 19.2 Å². The van der Waals surface area contributed by atoms with Crippen LogP contribution < -0.4 is 10.2 Å². The van der Waals surface area contributed by atoms with Crippen LogP contribution in [0.4, 0.5) is 20.2 Å². The molecule has 1 heterocycles. The molecule has 4 heteroatoms. The lowest BCUT2D eigenvalue weighted by molar-refractivity contribution is 0.581. The topological polar surface area (TPSA) is 15.3 Å². The Balaban J connectivity index is 2.51. The standard InChI is InChI=1S/C10H12F2N2/c1-2-14-4-3-13-10-8(12)5-7(11)6-9(10)14/h5-6,13H,2-4H2,1H3. The number of hydrogen-bond donors (Lipinski definition) is 1. The summed E-state index contributed by atoms with van der Waals surface area (Å²) in [5.41, 5.74) is 1.04. The van der Waals surface area contributed by atoms with E-state index in [1.165, 1.54) is 6.07 Å². The van der Waals surface area contributed by atoms with Crippen molar-refractivity contribution in [2.24, 2.45) is 0 Å². The summed E-state index contributed by atoms with van der Waals surface area (Å²) in [6.45, 7) is 4.21. The van der Waals surface area contributed by atoms with Crippen molar-refractivity contribution < 1.29 is 8.78 Å². The number of nitrogens with one attached hydrogen (secondary N) is 1. The summed E-state index contributed by atoms with van der Waals surface area (Å²) in [6, 6.07) is 2.28. The maximum Gasteiger partial charge on any atom is 0.151 e. The molecule has 0 radical (unpaired) electrons. The van der Waals surface area contributed by atoms with Gasteiger partial charge in [-0.2, -0.15) is 0 Å². The minimum Gasteiger partial charge on any atom is -0.379 e. The van der Waals surface area contributed by atoms with E-state index in [1.807, 2.05) is 11.8 Å². The first-order valence-electron chi connectivity index (χ1n) is 4.70. The van der Waals surface area contributed by atoms with Crippen molar-refractivity contribution in [1.82, 2.24) is 0 Å². The van der Waals surface area contributed by atoms with Crippen LogP contribution in [-0.2, 0) is 0 Å². The van der Waals surface area contributed by atoms with E-state index >= 15 is 0 Å². The van der Waals surface area contributed by atoms with Crippen LogP contribution in [0.15, 0.2) is 12.1 Å². The second-order valence-electron chi connectivity index (χ2n) is 3.29. The molecule has 1 aliphatic heterocycles. The Labute approximate surface area is 81.5 Å². The monoisotopic (exact) mass is 198 g/mol. The molecule has 0 aromatic heterocycles. The third-order valence-corrected chi connectivity index (χ3v) is 2.44. The van der Waals surface area contributed by atoms with Gasteiger partial charge in [0.2, 0.25) is 0 Å². The number of rotatable bonds is 1. The Morgan fingerprint density at radius 3 is 2.93 bits per heavy atom. The van der Waals surface area contributed by atoms with Crippen LogP contribution in [0.25, 0.3) is 0 Å². The number of anilines is 2. The van der Waals surface area contributed by atoms with Gasteiger partial charge in [-0.05, 0) is 13.0 Å². The van der Waals surface area contributed by atoms with Crippen molar-refractivity contribution >= 4 is 11.4 Å². The van der Waals surface area contributed by atoms with E-state index < -0.39 is 11.6 Å². The lowest BCUT2D eigenvalue weighted by Gasteiger charge is -2.31. The zero-order valence-electron chi connectivity index (χ0n) is 7.98. The maximum atomic E-state index is 13.3. The van der Waals surface area contributed by atoms with Gasteiger partial charge in [0.25, 0.3) is 0 Å². The largest absolute Gasteiger partial charge is 0.379 e. The maximum absolute atomic E-state index is 13.3. The summed E-state index contributed by atoms with van der Waals surface area (Å²) in [5, 5.41) is 2.94. The summed E-state index contributed by atoms with van der Waals surface area (Å²) in [6.07, 6.45) is 0. The van der Waals surface area contributed by atoms with E-state index in [1.54, 1.807) is 0 Å². The van der Waals surface area contributed by atoms with Crippen LogP contribution >= 0.6 is 0 Å². The summed E-state index contributed by atoms with van der Waals surface area (Å²) in [5.74, 6) is -1.04. The predicted molar refractivity (Wildman–Crippen MR) is 52.7 cm³/mol. The number of halogens is 2. The highest BCUT2D eigenvalue weighted by molar-refractivity contribution is 5.72. The number of benzene rings is 1. The van der Waals surface area contributed by atoms with Crippen molar-refractivity contribution in [1.29, 1.82) is 0 Å². The molecule has 2 rings (SSSR count). The molecular formula is C10H12F2N2. The van der Waals surface area contributed by atoms with Gasteiger partial charge in [0.1, 0.15) is 5.82 Å². The minimum atomic E-state index is -0.525. The van der Waals surface area contributed by atoms with E-state index in [0.29, 0.717) is 17.9 Å². The number of hydrogen-bond acceptors (Lipinski definition) is 2. The highest BCUT2D eigenvalue weighted by atomic mass is 19.1. The molecule has 1 N–H and O–H groups in total. The lowest BCUT2D eigenvalue weighted by Crippen LogP contribution is -2.34. The fraction of sp³-hybridized carbons (Fsp3) is 0.400. The molecule has 0 bridgehead atoms. The van der Waals surface area contributed by atoms with Crippen LogP contribution in [0.1, 0.15) is 6.92 Å². The molecule has 1 aromatic rings. The van der Waals surface area contributed by atoms with Crippen molar-refractivity contribution in [2.45, 2.75) is 6.92 Å². The van der Waals surface area contributed by atoms with Crippen LogP contribution in [0.5, 0.6) is 0 Å². The predicted octanol–water partition coefficient (Wildman–Crippen LogP) is 2.22. The van der Waals surface area contributed by atoms with Gasteiger partial charge in [-0.25, -0.2) is 8.78 Å². The summed E-state index contributed by atoms with van der Waals surface area (Å²) in [7, 11) is 0. The van der Waals surface area contributed by atoms with Gasteiger partial charge in [0.05, 0.1) is 11.4 Å². The van der Waals surface area contributed by atoms with E-state index in [-0.39, 0.29) is 0 Å². The molecule has 14 heavy (non-hydrogen) atoms. The molecule has 0 saturated heterocycles. The number of fused-ring (bicyclic) bond motifs is 1. The molecule has 1 aromatic carbocycles. The van der Waals surface area contributed by atoms with Gasteiger partial charge in [-0.1, -0.05) is 0 Å². The first kappa shape index (κ1) is 9.24. The zero-order valence-corrected chi connectivity index (χ0v) is 7.98. The van der Waals surface area contributed by atoms with E-state index in [2.05, 4.69) is 5.32 Å². The Morgan fingerprint density at radius 1 is 1.43 bits per heavy atom. The second kappa shape index (κ2) is 3.44. The zero-order chi connectivity index (χ0) is 10.1. The lowest BCUT2D eigenvalue weighted by atomic mass is 10.2. The fourth-order valence-electron chi connectivity index (χ4n) is 1.75. The van der Waals surface area contributed by atoms with Crippen LogP contribution in [0.2, 0.25) is 0 Å². The summed E-state index contributed by atoms with van der Waals surface area (Å²) in [4.78, 5) is 1.96. The van der Waals surface area contributed by atoms with Gasteiger partial charge in [-0.15, -0.1) is 0 Å². The molecular weight excluding hydrogens is 186 g/mol. The second-order valence-corrected chi connectivity index (χ2v) is 3.29. The van der Waals surface area contributed by atoms with Crippen LogP contribution in [0, 0.1) is 11.6 Å². The molecule has 0 fully saturated rings. The normalized spacial score (nSPS) is 14.9. The van der Waals surface area contributed by atoms with Crippen molar-refractivity contribution in [3.05, 3.63) is 23.8 Å². The van der Waals surface area contributed by atoms with E-state index in [4.69, 9.17) is 0 Å². The third-order valence-electron chi connectivity index (χ3n) is 2.44. The van der Waals surface area contributed by atoms with E-state index in [9.17, 15) is 8.78 Å². The molecule has 2 nitrogen and oxygen atoms in total. The highest BCUT2D eigenvalue weighted by Gasteiger charge is 2.19. The Bertz CT molecular complexity index is 352. The smallest absolute Gasteiger partial charge is 0.151 e. The number of likely N-dealkylation sites (N-methyl/N-ethyl adjacent to an activating group) is 1. The average Bonchev–Trinajstić information content (AvgIpc) is 2.17. The van der Waals surface area contributed by atoms with Crippen LogP contribution in [-0.4, -0.2) is 19.6 Å². The fourth-order valence-corrected chi connectivity index (χ4v) is 1.75. The highest BCUT2D eigenvalue weighted by Crippen LogP contribution is 2.32. The van der Waals surface area contributed by atoms with Crippen LogP contribution in [0.3, 0.4) is 0 Å².